The summed E-state index contributed by atoms with van der Waals surface area (Å²) in [5.41, 5.74) is 6.72. The first-order valence-corrected chi connectivity index (χ1v) is 13.1. The highest BCUT2D eigenvalue weighted by atomic mass is 16.6. The second-order valence-electron chi connectivity index (χ2n) is 8.02. The van der Waals surface area contributed by atoms with Crippen LogP contribution in [-0.4, -0.2) is 85.1 Å². The Morgan fingerprint density at radius 3 is 1.52 bits per heavy atom. The highest BCUT2D eigenvalue weighted by Crippen LogP contribution is 2.29. The quantitative estimate of drug-likeness (QED) is 0.216. The molecule has 14 heteroatoms. The number of nitrogens with zero attached hydrogens (tertiary/aromatic N) is 4. The molecule has 0 saturated heterocycles. The zero-order valence-corrected chi connectivity index (χ0v) is 23.4. The van der Waals surface area contributed by atoms with Gasteiger partial charge in [-0.3, -0.25) is 9.59 Å². The molecule has 220 valence electrons. The number of ether oxygens (including phenoxy) is 4. The van der Waals surface area contributed by atoms with E-state index in [2.05, 4.69) is 25.7 Å². The fourth-order valence-corrected chi connectivity index (χ4v) is 3.10. The van der Waals surface area contributed by atoms with Crippen LogP contribution in [0.4, 0.5) is 5.69 Å². The molecule has 0 saturated carbocycles. The number of rotatable bonds is 18. The lowest BCUT2D eigenvalue weighted by Crippen LogP contribution is -2.16. The Morgan fingerprint density at radius 1 is 0.700 bits per heavy atom. The number of carbonyl (C=O) groups excluding carboxylic acids is 2. The van der Waals surface area contributed by atoms with Crippen LogP contribution in [0.25, 0.3) is 22.9 Å². The first kappa shape index (κ1) is 32.5. The molecule has 0 fully saturated rings. The molecule has 0 bridgehead atoms. The summed E-state index contributed by atoms with van der Waals surface area (Å²) in [4.78, 5) is 23.0. The minimum absolute atomic E-state index is 0.151. The number of benzene rings is 1. The Labute approximate surface area is 232 Å². The molecule has 2 heterocycles. The molecule has 0 aliphatic rings. The predicted octanol–water partition coefficient (Wildman–Crippen LogP) is 2.70. The Balaban J connectivity index is 0.00000274. The Kier molecular flexibility index (Phi) is 15.1. The molecule has 0 aliphatic carbocycles. The zero-order chi connectivity index (χ0) is 29.2. The van der Waals surface area contributed by atoms with Crippen LogP contribution in [-0.2, 0) is 28.5 Å². The van der Waals surface area contributed by atoms with Gasteiger partial charge in [-0.15, -0.1) is 20.4 Å². The maximum Gasteiger partial charge on any atom is 0.247 e. The van der Waals surface area contributed by atoms with Crippen molar-refractivity contribution in [3.05, 3.63) is 30.0 Å². The summed E-state index contributed by atoms with van der Waals surface area (Å²) in [7, 11) is 0. The number of hydrogen-bond acceptors (Lipinski definition) is 12. The molecule has 2 amide bonds. The third-order valence-corrected chi connectivity index (χ3v) is 4.85. The van der Waals surface area contributed by atoms with Crippen molar-refractivity contribution in [1.82, 2.24) is 20.4 Å². The average Bonchev–Trinajstić information content (AvgIpc) is 3.58. The summed E-state index contributed by atoms with van der Waals surface area (Å²) in [5, 5.41) is 18.6. The first-order valence-electron chi connectivity index (χ1n) is 13.1. The van der Waals surface area contributed by atoms with Crippen molar-refractivity contribution in [3.8, 4) is 22.9 Å². The number of primary amides is 1. The summed E-state index contributed by atoms with van der Waals surface area (Å²) in [6, 6.07) is 5.22. The van der Waals surface area contributed by atoms with Crippen molar-refractivity contribution in [1.29, 1.82) is 0 Å². The van der Waals surface area contributed by atoms with E-state index in [0.717, 1.165) is 0 Å². The Bertz CT molecular complexity index is 1110. The number of hydrogen-bond donors (Lipinski definition) is 2. The smallest absolute Gasteiger partial charge is 0.247 e. The van der Waals surface area contributed by atoms with E-state index in [1.807, 2.05) is 13.8 Å². The molecule has 2 aromatic heterocycles. The lowest BCUT2D eigenvalue weighted by molar-refractivity contribution is -0.119. The molecule has 3 N–H and O–H groups in total. The summed E-state index contributed by atoms with van der Waals surface area (Å²) < 4.78 is 32.5. The van der Waals surface area contributed by atoms with Crippen molar-refractivity contribution in [2.24, 2.45) is 5.73 Å². The Morgan fingerprint density at radius 2 is 1.12 bits per heavy atom. The normalized spacial score (nSPS) is 10.7. The van der Waals surface area contributed by atoms with Gasteiger partial charge in [-0.25, -0.2) is 0 Å². The summed E-state index contributed by atoms with van der Waals surface area (Å²) in [6.45, 7) is 10.2. The van der Waals surface area contributed by atoms with Crippen LogP contribution < -0.4 is 11.1 Å². The molecule has 3 aromatic rings. The third kappa shape index (κ3) is 12.4. The van der Waals surface area contributed by atoms with Gasteiger partial charge in [0.25, 0.3) is 0 Å². The zero-order valence-electron chi connectivity index (χ0n) is 23.4. The minimum atomic E-state index is -0.394. The Hall–Kier alpha value is -3.72. The van der Waals surface area contributed by atoms with E-state index in [0.29, 0.717) is 80.0 Å². The van der Waals surface area contributed by atoms with E-state index in [-0.39, 0.29) is 32.0 Å². The van der Waals surface area contributed by atoms with Gasteiger partial charge in [0.15, 0.2) is 0 Å². The van der Waals surface area contributed by atoms with Gasteiger partial charge in [-0.1, -0.05) is 13.8 Å². The number of aromatic nitrogens is 4. The largest absolute Gasteiger partial charge is 0.421 e. The van der Waals surface area contributed by atoms with Crippen molar-refractivity contribution in [2.45, 2.75) is 40.5 Å². The van der Waals surface area contributed by atoms with Crippen LogP contribution in [0.2, 0.25) is 0 Å². The first-order chi connectivity index (χ1) is 19.4. The molecule has 14 nitrogen and oxygen atoms in total. The molecule has 0 radical (unpaired) electrons. The minimum Gasteiger partial charge on any atom is -0.421 e. The van der Waals surface area contributed by atoms with Gasteiger partial charge in [0.2, 0.25) is 35.4 Å². The lowest BCUT2D eigenvalue weighted by atomic mass is 10.1. The van der Waals surface area contributed by atoms with E-state index < -0.39 is 5.91 Å². The monoisotopic (exact) mass is 562 g/mol. The highest BCUT2D eigenvalue weighted by molar-refractivity contribution is 5.92. The summed E-state index contributed by atoms with van der Waals surface area (Å²) >= 11 is 0. The molecule has 3 rings (SSSR count). The number of aryl methyl sites for hydroxylation is 2. The molecule has 0 spiro atoms. The van der Waals surface area contributed by atoms with Crippen molar-refractivity contribution in [2.75, 3.05) is 58.2 Å². The molecule has 40 heavy (non-hydrogen) atoms. The fraction of sp³-hybridized carbons (Fsp3) is 0.538. The van der Waals surface area contributed by atoms with Crippen LogP contribution in [0.1, 0.15) is 38.5 Å². The molecule has 1 aromatic carbocycles. The molecular weight excluding hydrogens is 524 g/mol. The lowest BCUT2D eigenvalue weighted by Gasteiger charge is -2.09. The van der Waals surface area contributed by atoms with Gasteiger partial charge < -0.3 is 38.8 Å². The van der Waals surface area contributed by atoms with Crippen LogP contribution in [0.3, 0.4) is 0 Å². The van der Waals surface area contributed by atoms with Gasteiger partial charge >= 0.3 is 0 Å². The van der Waals surface area contributed by atoms with Gasteiger partial charge in [0.1, 0.15) is 0 Å². The van der Waals surface area contributed by atoms with Gasteiger partial charge in [0, 0.05) is 37.1 Å². The van der Waals surface area contributed by atoms with Gasteiger partial charge in [-0.05, 0) is 18.2 Å². The molecule has 0 aliphatic heterocycles. The van der Waals surface area contributed by atoms with E-state index in [4.69, 9.17) is 33.5 Å². The topological polar surface area (TPSA) is 187 Å². The van der Waals surface area contributed by atoms with Gasteiger partial charge in [-0.2, -0.15) is 0 Å². The SMILES string of the molecule is CC.Cc1nnc(-c2cc(NC(=O)CCOCCOCCOCCOCCC(N)=O)cc(-c3nnc(C)o3)c2)o1. The maximum absolute atomic E-state index is 12.5. The molecular formula is C26H38N6O8. The van der Waals surface area contributed by atoms with Gasteiger partial charge in [0.05, 0.1) is 59.3 Å². The van der Waals surface area contributed by atoms with Crippen molar-refractivity contribution in [3.63, 3.8) is 0 Å². The standard InChI is InChI=1S/C24H32N6O8.C2H6/c1-16-27-29-23(37-16)18-13-19(24-30-28-17(2)38-24)15-20(14-18)26-22(32)4-6-34-8-10-36-12-11-35-9-7-33-5-3-21(25)31;1-2/h13-15H,3-12H2,1-2H3,(H2,25,31)(H,26,32);1-2H3. The highest BCUT2D eigenvalue weighted by Gasteiger charge is 2.15. The number of nitrogens with one attached hydrogen (secondary N) is 1. The second-order valence-corrected chi connectivity index (χ2v) is 8.02. The summed E-state index contributed by atoms with van der Waals surface area (Å²) in [5.74, 6) is 0.818. The number of carbonyl (C=O) groups is 2. The third-order valence-electron chi connectivity index (χ3n) is 4.85. The molecule has 0 atom stereocenters. The van der Waals surface area contributed by atoms with E-state index in [1.54, 1.807) is 32.0 Å². The molecule has 0 unspecified atom stereocenters. The predicted molar refractivity (Wildman–Crippen MR) is 144 cm³/mol. The number of nitrogens with two attached hydrogens (primary N) is 1. The average molecular weight is 563 g/mol. The van der Waals surface area contributed by atoms with Crippen LogP contribution >= 0.6 is 0 Å². The van der Waals surface area contributed by atoms with Crippen LogP contribution in [0.5, 0.6) is 0 Å². The van der Waals surface area contributed by atoms with Crippen LogP contribution in [0.15, 0.2) is 27.0 Å². The van der Waals surface area contributed by atoms with E-state index in [1.165, 1.54) is 0 Å². The second kappa shape index (κ2) is 18.5. The van der Waals surface area contributed by atoms with E-state index in [9.17, 15) is 9.59 Å². The van der Waals surface area contributed by atoms with Crippen molar-refractivity contribution < 1.29 is 37.4 Å². The number of amides is 2. The maximum atomic E-state index is 12.5. The number of anilines is 1. The van der Waals surface area contributed by atoms with Crippen LogP contribution in [0, 0.1) is 13.8 Å². The fourth-order valence-electron chi connectivity index (χ4n) is 3.10. The summed E-state index contributed by atoms with van der Waals surface area (Å²) in [6.07, 6.45) is 0.346. The van der Waals surface area contributed by atoms with Crippen molar-refractivity contribution >= 4 is 17.5 Å². The van der Waals surface area contributed by atoms with E-state index >= 15 is 0 Å².